The summed E-state index contributed by atoms with van der Waals surface area (Å²) in [6, 6.07) is 19.9. The molecule has 0 amide bonds. The van der Waals surface area contributed by atoms with E-state index >= 15 is 0 Å². The third-order valence-corrected chi connectivity index (χ3v) is 6.28. The number of aromatic nitrogens is 2. The largest absolute Gasteiger partial charge is 0.493 e. The van der Waals surface area contributed by atoms with Crippen LogP contribution in [0.15, 0.2) is 67.0 Å². The number of hydrogen-bond donors (Lipinski definition) is 0. The molecule has 5 nitrogen and oxygen atoms in total. The van der Waals surface area contributed by atoms with Crippen LogP contribution in [0.4, 0.5) is 0 Å². The number of carbonyl (C=O) groups is 1. The van der Waals surface area contributed by atoms with E-state index in [0.29, 0.717) is 13.1 Å². The highest BCUT2D eigenvalue weighted by atomic mass is 16.5. The molecule has 154 valence electrons. The van der Waals surface area contributed by atoms with E-state index in [1.165, 1.54) is 16.7 Å². The van der Waals surface area contributed by atoms with Crippen LogP contribution in [0.25, 0.3) is 11.0 Å². The maximum absolute atomic E-state index is 12.9. The Labute approximate surface area is 180 Å². The molecular formula is C26H23N2O3+. The van der Waals surface area contributed by atoms with Crippen LogP contribution in [0.1, 0.15) is 27.0 Å². The van der Waals surface area contributed by atoms with Crippen molar-refractivity contribution in [2.45, 2.75) is 25.9 Å². The molecule has 0 spiro atoms. The van der Waals surface area contributed by atoms with Crippen LogP contribution >= 0.6 is 0 Å². The number of para-hydroxylation sites is 2. The Bertz CT molecular complexity index is 1280. The minimum Gasteiger partial charge on any atom is -0.493 e. The normalized spacial score (nSPS) is 14.2. The molecule has 0 radical (unpaired) electrons. The molecule has 6 rings (SSSR count). The van der Waals surface area contributed by atoms with Crippen LogP contribution in [0.3, 0.4) is 0 Å². The minimum atomic E-state index is 0.103. The van der Waals surface area contributed by atoms with E-state index in [-0.39, 0.29) is 5.78 Å². The van der Waals surface area contributed by atoms with Gasteiger partial charge in [-0.05, 0) is 18.2 Å². The second-order valence-corrected chi connectivity index (χ2v) is 8.17. The molecule has 1 aromatic heterocycles. The number of ether oxygens (including phenoxy) is 2. The number of nitrogens with zero attached hydrogens (tertiary/aromatic N) is 2. The second kappa shape index (κ2) is 7.27. The van der Waals surface area contributed by atoms with Crippen LogP contribution in [0.5, 0.6) is 11.5 Å². The molecule has 0 saturated heterocycles. The third kappa shape index (κ3) is 3.08. The monoisotopic (exact) mass is 411 g/mol. The van der Waals surface area contributed by atoms with Crippen molar-refractivity contribution in [1.82, 2.24) is 4.57 Å². The number of hydrogen-bond acceptors (Lipinski definition) is 3. The van der Waals surface area contributed by atoms with E-state index in [1.54, 1.807) is 0 Å². The number of fused-ring (bicyclic) bond motifs is 3. The van der Waals surface area contributed by atoms with Gasteiger partial charge in [0.2, 0.25) is 12.1 Å². The zero-order valence-electron chi connectivity index (χ0n) is 17.2. The van der Waals surface area contributed by atoms with Crippen molar-refractivity contribution in [2.24, 2.45) is 0 Å². The van der Waals surface area contributed by atoms with Crippen molar-refractivity contribution < 1.29 is 18.8 Å². The van der Waals surface area contributed by atoms with Crippen molar-refractivity contribution >= 4 is 16.8 Å². The standard InChI is InChI=1S/C26H23N2O3/c29-24(18-6-2-1-3-7-18)16-28-17-27(22-8-4-5-9-23(22)28)15-21-20-11-13-30-25(20)14-19-10-12-31-26(19)21/h1-9,14,17H,10-13,15-16H2/q+1. The van der Waals surface area contributed by atoms with Gasteiger partial charge in [0.05, 0.1) is 13.2 Å². The van der Waals surface area contributed by atoms with Crippen LogP contribution < -0.4 is 14.0 Å². The molecule has 3 heterocycles. The zero-order valence-corrected chi connectivity index (χ0v) is 17.2. The van der Waals surface area contributed by atoms with Gasteiger partial charge in [-0.3, -0.25) is 4.79 Å². The molecule has 5 heteroatoms. The van der Waals surface area contributed by atoms with Gasteiger partial charge >= 0.3 is 0 Å². The van der Waals surface area contributed by atoms with E-state index in [0.717, 1.165) is 54.2 Å². The molecule has 0 saturated carbocycles. The zero-order chi connectivity index (χ0) is 20.8. The van der Waals surface area contributed by atoms with Gasteiger partial charge in [-0.2, -0.15) is 0 Å². The molecule has 0 unspecified atom stereocenters. The lowest BCUT2D eigenvalue weighted by Crippen LogP contribution is -2.33. The summed E-state index contributed by atoms with van der Waals surface area (Å²) in [5.41, 5.74) is 6.59. The fourth-order valence-corrected chi connectivity index (χ4v) is 4.79. The van der Waals surface area contributed by atoms with Crippen molar-refractivity contribution in [1.29, 1.82) is 0 Å². The fourth-order valence-electron chi connectivity index (χ4n) is 4.79. The summed E-state index contributed by atoms with van der Waals surface area (Å²) in [6.45, 7) is 2.45. The molecule has 2 aliphatic rings. The summed E-state index contributed by atoms with van der Waals surface area (Å²) in [7, 11) is 0. The van der Waals surface area contributed by atoms with Gasteiger partial charge in [-0.25, -0.2) is 9.13 Å². The Morgan fingerprint density at radius 1 is 0.968 bits per heavy atom. The molecular weight excluding hydrogens is 388 g/mol. The van der Waals surface area contributed by atoms with E-state index < -0.39 is 0 Å². The average molecular weight is 411 g/mol. The third-order valence-electron chi connectivity index (χ3n) is 6.28. The first-order chi connectivity index (χ1) is 15.3. The van der Waals surface area contributed by atoms with E-state index in [9.17, 15) is 4.79 Å². The summed E-state index contributed by atoms with van der Waals surface area (Å²) in [4.78, 5) is 12.9. The Kier molecular flexibility index (Phi) is 4.27. The summed E-state index contributed by atoms with van der Waals surface area (Å²) >= 11 is 0. The maximum Gasteiger partial charge on any atom is 0.245 e. The minimum absolute atomic E-state index is 0.103. The molecule has 0 N–H and O–H groups in total. The van der Waals surface area contributed by atoms with Gasteiger partial charge < -0.3 is 9.47 Å². The predicted molar refractivity (Wildman–Crippen MR) is 117 cm³/mol. The Balaban J connectivity index is 1.41. The first kappa shape index (κ1) is 18.2. The topological polar surface area (TPSA) is 44.3 Å². The van der Waals surface area contributed by atoms with Gasteiger partial charge in [0.1, 0.15) is 18.0 Å². The first-order valence-corrected chi connectivity index (χ1v) is 10.8. The highest BCUT2D eigenvalue weighted by molar-refractivity contribution is 5.96. The molecule has 0 atom stereocenters. The molecule has 0 bridgehead atoms. The van der Waals surface area contributed by atoms with Gasteiger partial charge in [0.15, 0.2) is 17.6 Å². The van der Waals surface area contributed by atoms with Crippen molar-refractivity contribution in [3.05, 3.63) is 89.2 Å². The Morgan fingerprint density at radius 3 is 2.68 bits per heavy atom. The van der Waals surface area contributed by atoms with Crippen molar-refractivity contribution in [3.8, 4) is 11.5 Å². The first-order valence-electron chi connectivity index (χ1n) is 10.8. The van der Waals surface area contributed by atoms with Crippen LogP contribution in [0.2, 0.25) is 0 Å². The van der Waals surface area contributed by atoms with Gasteiger partial charge in [-0.15, -0.1) is 0 Å². The van der Waals surface area contributed by atoms with E-state index in [2.05, 4.69) is 29.1 Å². The highest BCUT2D eigenvalue weighted by Crippen LogP contribution is 2.40. The Hall–Kier alpha value is -3.60. The van der Waals surface area contributed by atoms with Gasteiger partial charge in [-0.1, -0.05) is 42.5 Å². The summed E-state index contributed by atoms with van der Waals surface area (Å²) in [5.74, 6) is 2.13. The van der Waals surface area contributed by atoms with Crippen molar-refractivity contribution in [3.63, 3.8) is 0 Å². The van der Waals surface area contributed by atoms with Gasteiger partial charge in [0.25, 0.3) is 0 Å². The lowest BCUT2D eigenvalue weighted by molar-refractivity contribution is -0.663. The van der Waals surface area contributed by atoms with Gasteiger partial charge in [0, 0.05) is 35.1 Å². The Morgan fingerprint density at radius 2 is 1.77 bits per heavy atom. The average Bonchev–Trinajstić information content (AvgIpc) is 3.54. The summed E-state index contributed by atoms with van der Waals surface area (Å²) in [6.07, 6.45) is 3.89. The molecule has 2 aliphatic heterocycles. The summed E-state index contributed by atoms with van der Waals surface area (Å²) < 4.78 is 16.2. The number of imidazole rings is 1. The quantitative estimate of drug-likeness (QED) is 0.371. The molecule has 31 heavy (non-hydrogen) atoms. The number of carbonyl (C=O) groups excluding carboxylic acids is 1. The maximum atomic E-state index is 12.9. The van der Waals surface area contributed by atoms with E-state index in [1.807, 2.05) is 47.0 Å². The number of Topliss-reactive ketones (excluding diaryl/α,β-unsaturated/α-hetero) is 1. The smallest absolute Gasteiger partial charge is 0.245 e. The fraction of sp³-hybridized carbons (Fsp3) is 0.231. The lowest BCUT2D eigenvalue weighted by atomic mass is 9.99. The molecule has 0 aliphatic carbocycles. The highest BCUT2D eigenvalue weighted by Gasteiger charge is 2.29. The van der Waals surface area contributed by atoms with Crippen LogP contribution in [0, 0.1) is 0 Å². The predicted octanol–water partition coefficient (Wildman–Crippen LogP) is 3.73. The SMILES string of the molecule is O=C(Cn1c[n+](Cc2c3c(cc4c2OCC4)OCC3)c2ccccc21)c1ccccc1. The van der Waals surface area contributed by atoms with E-state index in [4.69, 9.17) is 9.47 Å². The summed E-state index contributed by atoms with van der Waals surface area (Å²) in [5, 5.41) is 0. The molecule has 4 aromatic rings. The van der Waals surface area contributed by atoms with Crippen molar-refractivity contribution in [2.75, 3.05) is 13.2 Å². The molecule has 3 aromatic carbocycles. The number of ketones is 1. The number of benzene rings is 3. The second-order valence-electron chi connectivity index (χ2n) is 8.17. The number of rotatable bonds is 5. The lowest BCUT2D eigenvalue weighted by Gasteiger charge is -2.11. The molecule has 0 fully saturated rings. The van der Waals surface area contributed by atoms with Crippen LogP contribution in [-0.4, -0.2) is 23.6 Å². The van der Waals surface area contributed by atoms with Crippen LogP contribution in [-0.2, 0) is 25.9 Å².